The van der Waals surface area contributed by atoms with Gasteiger partial charge in [0.05, 0.1) is 6.10 Å². The molecule has 0 radical (unpaired) electrons. The van der Waals surface area contributed by atoms with E-state index < -0.39 is 0 Å². The van der Waals surface area contributed by atoms with Crippen LogP contribution >= 0.6 is 0 Å². The van der Waals surface area contributed by atoms with Gasteiger partial charge < -0.3 is 10.1 Å². The van der Waals surface area contributed by atoms with Crippen LogP contribution in [-0.4, -0.2) is 25.3 Å². The van der Waals surface area contributed by atoms with Gasteiger partial charge in [-0.05, 0) is 25.2 Å². The summed E-state index contributed by atoms with van der Waals surface area (Å²) in [7, 11) is 0. The zero-order chi connectivity index (χ0) is 9.68. The molecule has 0 aromatic heterocycles. The molecule has 1 rings (SSSR count). The van der Waals surface area contributed by atoms with E-state index in [0.717, 1.165) is 19.1 Å². The first-order chi connectivity index (χ1) is 6.22. The quantitative estimate of drug-likeness (QED) is 0.709. The molecule has 1 aliphatic heterocycles. The van der Waals surface area contributed by atoms with E-state index in [2.05, 4.69) is 26.1 Å². The Morgan fingerprint density at radius 2 is 2.23 bits per heavy atom. The highest BCUT2D eigenvalue weighted by Crippen LogP contribution is 2.13. The summed E-state index contributed by atoms with van der Waals surface area (Å²) in [4.78, 5) is 0. The third kappa shape index (κ3) is 4.10. The molecule has 0 aromatic carbocycles. The first-order valence-corrected chi connectivity index (χ1v) is 5.57. The smallest absolute Gasteiger partial charge is 0.0714 e. The van der Waals surface area contributed by atoms with Gasteiger partial charge in [0.15, 0.2) is 0 Å². The first kappa shape index (κ1) is 11.0. The number of nitrogens with one attached hydrogen (secondary N) is 1. The van der Waals surface area contributed by atoms with E-state index in [1.165, 1.54) is 19.3 Å². The lowest BCUT2D eigenvalue weighted by Crippen LogP contribution is -2.20. The van der Waals surface area contributed by atoms with E-state index in [9.17, 15) is 0 Å². The second-order valence-corrected chi connectivity index (χ2v) is 4.42. The molecule has 78 valence electrons. The van der Waals surface area contributed by atoms with Gasteiger partial charge in [0.2, 0.25) is 0 Å². The van der Waals surface area contributed by atoms with Crippen molar-refractivity contribution in [3.63, 3.8) is 0 Å². The molecular formula is C11H23NO. The van der Waals surface area contributed by atoms with Gasteiger partial charge in [-0.3, -0.25) is 0 Å². The monoisotopic (exact) mass is 185 g/mol. The van der Waals surface area contributed by atoms with Crippen molar-refractivity contribution >= 4 is 0 Å². The summed E-state index contributed by atoms with van der Waals surface area (Å²) >= 11 is 0. The normalized spacial score (nSPS) is 28.6. The number of hydrogen-bond donors (Lipinski definition) is 1. The van der Waals surface area contributed by atoms with Crippen molar-refractivity contribution in [2.75, 3.05) is 13.2 Å². The summed E-state index contributed by atoms with van der Waals surface area (Å²) in [5.74, 6) is 0.760. The molecular weight excluding hydrogens is 162 g/mol. The maximum atomic E-state index is 5.78. The molecule has 2 heteroatoms. The van der Waals surface area contributed by atoms with Crippen LogP contribution in [0.3, 0.4) is 0 Å². The summed E-state index contributed by atoms with van der Waals surface area (Å²) in [5, 5.41) is 3.47. The molecule has 0 saturated carbocycles. The molecule has 0 amide bonds. The lowest BCUT2D eigenvalue weighted by molar-refractivity contribution is 0.0581. The summed E-state index contributed by atoms with van der Waals surface area (Å²) in [6.45, 7) is 8.70. The lowest BCUT2D eigenvalue weighted by atomic mass is 10.1. The van der Waals surface area contributed by atoms with Crippen molar-refractivity contribution in [3.8, 4) is 0 Å². The first-order valence-electron chi connectivity index (χ1n) is 5.57. The molecule has 0 unspecified atom stereocenters. The number of hydrogen-bond acceptors (Lipinski definition) is 2. The zero-order valence-corrected chi connectivity index (χ0v) is 9.18. The summed E-state index contributed by atoms with van der Waals surface area (Å²) in [6.07, 6.45) is 4.09. The Morgan fingerprint density at radius 3 is 2.77 bits per heavy atom. The molecule has 13 heavy (non-hydrogen) atoms. The van der Waals surface area contributed by atoms with Crippen molar-refractivity contribution in [1.82, 2.24) is 5.32 Å². The van der Waals surface area contributed by atoms with Crippen molar-refractivity contribution < 1.29 is 4.74 Å². The lowest BCUT2D eigenvalue weighted by Gasteiger charge is -2.11. The average molecular weight is 185 g/mol. The molecule has 0 spiro atoms. The van der Waals surface area contributed by atoms with Gasteiger partial charge in [-0.25, -0.2) is 0 Å². The van der Waals surface area contributed by atoms with E-state index >= 15 is 0 Å². The molecule has 1 fully saturated rings. The molecule has 1 N–H and O–H groups in total. The Kier molecular flexibility index (Phi) is 4.74. The van der Waals surface area contributed by atoms with Crippen molar-refractivity contribution in [2.24, 2.45) is 5.92 Å². The molecule has 1 heterocycles. The minimum atomic E-state index is 0.476. The van der Waals surface area contributed by atoms with Gasteiger partial charge in [-0.1, -0.05) is 20.8 Å². The van der Waals surface area contributed by atoms with E-state index in [-0.39, 0.29) is 0 Å². The second-order valence-electron chi connectivity index (χ2n) is 4.42. The van der Waals surface area contributed by atoms with Crippen molar-refractivity contribution in [2.45, 2.75) is 52.2 Å². The second kappa shape index (κ2) is 5.61. The van der Waals surface area contributed by atoms with Gasteiger partial charge in [-0.15, -0.1) is 0 Å². The van der Waals surface area contributed by atoms with Gasteiger partial charge in [-0.2, -0.15) is 0 Å². The fourth-order valence-electron chi connectivity index (χ4n) is 1.69. The maximum absolute atomic E-state index is 5.78. The van der Waals surface area contributed by atoms with Crippen LogP contribution in [0.5, 0.6) is 0 Å². The predicted octanol–water partition coefficient (Wildman–Crippen LogP) is 2.19. The summed E-state index contributed by atoms with van der Waals surface area (Å²) in [6, 6.07) is 0.698. The number of ether oxygens (including phenoxy) is 1. The average Bonchev–Trinajstić information content (AvgIpc) is 2.52. The standard InChI is InChI=1S/C11H23NO/c1-4-10-7-11(8-12-10)13-6-5-9(2)3/h9-12H,4-8H2,1-3H3/t10-,11+/m1/s1. The van der Waals surface area contributed by atoms with Crippen molar-refractivity contribution in [3.05, 3.63) is 0 Å². The van der Waals surface area contributed by atoms with Crippen LogP contribution in [0.25, 0.3) is 0 Å². The van der Waals surface area contributed by atoms with Crippen LogP contribution in [0.1, 0.15) is 40.0 Å². The molecule has 1 saturated heterocycles. The topological polar surface area (TPSA) is 21.3 Å². The Hall–Kier alpha value is -0.0800. The van der Waals surface area contributed by atoms with Gasteiger partial charge in [0.25, 0.3) is 0 Å². The van der Waals surface area contributed by atoms with E-state index in [1.54, 1.807) is 0 Å². The summed E-state index contributed by atoms with van der Waals surface area (Å²) in [5.41, 5.74) is 0. The molecule has 2 nitrogen and oxygen atoms in total. The van der Waals surface area contributed by atoms with Crippen LogP contribution in [0.2, 0.25) is 0 Å². The predicted molar refractivity (Wildman–Crippen MR) is 55.9 cm³/mol. The molecule has 2 atom stereocenters. The Bertz CT molecular complexity index is 136. The molecule has 0 aliphatic carbocycles. The highest BCUT2D eigenvalue weighted by Gasteiger charge is 2.22. The number of rotatable bonds is 5. The SMILES string of the molecule is CC[C@@H]1C[C@H](OCCC(C)C)CN1. The van der Waals surface area contributed by atoms with Crippen LogP contribution in [0.15, 0.2) is 0 Å². The maximum Gasteiger partial charge on any atom is 0.0714 e. The summed E-state index contributed by atoms with van der Waals surface area (Å²) < 4.78 is 5.78. The van der Waals surface area contributed by atoms with Gasteiger partial charge in [0.1, 0.15) is 0 Å². The van der Waals surface area contributed by atoms with Gasteiger partial charge in [0, 0.05) is 19.2 Å². The molecule has 0 aromatic rings. The minimum Gasteiger partial charge on any atom is -0.377 e. The Balaban J connectivity index is 2.03. The van der Waals surface area contributed by atoms with E-state index in [0.29, 0.717) is 12.1 Å². The minimum absolute atomic E-state index is 0.476. The third-order valence-electron chi connectivity index (χ3n) is 2.72. The van der Waals surface area contributed by atoms with Crippen molar-refractivity contribution in [1.29, 1.82) is 0 Å². The highest BCUT2D eigenvalue weighted by atomic mass is 16.5. The van der Waals surface area contributed by atoms with Crippen LogP contribution in [0, 0.1) is 5.92 Å². The highest BCUT2D eigenvalue weighted by molar-refractivity contribution is 4.80. The molecule has 0 bridgehead atoms. The molecule has 1 aliphatic rings. The third-order valence-corrected chi connectivity index (χ3v) is 2.72. The van der Waals surface area contributed by atoms with E-state index in [1.807, 2.05) is 0 Å². The largest absolute Gasteiger partial charge is 0.377 e. The van der Waals surface area contributed by atoms with Crippen LogP contribution in [0.4, 0.5) is 0 Å². The Labute approximate surface area is 82.0 Å². The fraction of sp³-hybridized carbons (Fsp3) is 1.00. The van der Waals surface area contributed by atoms with Gasteiger partial charge >= 0.3 is 0 Å². The zero-order valence-electron chi connectivity index (χ0n) is 9.18. The van der Waals surface area contributed by atoms with Crippen LogP contribution in [-0.2, 0) is 4.74 Å². The Morgan fingerprint density at radius 1 is 1.46 bits per heavy atom. The fourth-order valence-corrected chi connectivity index (χ4v) is 1.69. The van der Waals surface area contributed by atoms with Crippen LogP contribution < -0.4 is 5.32 Å². The van der Waals surface area contributed by atoms with E-state index in [4.69, 9.17) is 4.74 Å².